The highest BCUT2D eigenvalue weighted by atomic mass is 32.2. The molecular formula is C20H17N3O4S. The van der Waals surface area contributed by atoms with Gasteiger partial charge in [-0.15, -0.1) is 11.8 Å². The number of imide groups is 2. The van der Waals surface area contributed by atoms with Crippen molar-refractivity contribution in [3.05, 3.63) is 60.2 Å². The lowest BCUT2D eigenvalue weighted by Gasteiger charge is -2.37. The van der Waals surface area contributed by atoms with E-state index in [1.54, 1.807) is 16.7 Å². The van der Waals surface area contributed by atoms with E-state index in [0.717, 1.165) is 21.0 Å². The first-order valence-corrected chi connectivity index (χ1v) is 9.70. The molecule has 1 atom stereocenters. The van der Waals surface area contributed by atoms with E-state index >= 15 is 0 Å². The maximum atomic E-state index is 13.2. The lowest BCUT2D eigenvalue weighted by atomic mass is 10.1. The molecule has 7 nitrogen and oxygen atoms in total. The summed E-state index contributed by atoms with van der Waals surface area (Å²) in [6, 6.07) is 16.1. The van der Waals surface area contributed by atoms with Gasteiger partial charge in [-0.1, -0.05) is 42.5 Å². The Bertz CT molecular complexity index is 978. The number of thioether (sulfide) groups is 1. The Hall–Kier alpha value is -3.13. The Morgan fingerprint density at radius 2 is 1.68 bits per heavy atom. The van der Waals surface area contributed by atoms with Crippen molar-refractivity contribution in [2.45, 2.75) is 10.9 Å². The molecule has 8 heteroatoms. The number of anilines is 1. The fourth-order valence-electron chi connectivity index (χ4n) is 3.38. The van der Waals surface area contributed by atoms with Crippen LogP contribution >= 0.6 is 11.8 Å². The predicted octanol–water partition coefficient (Wildman–Crippen LogP) is 2.29. The van der Waals surface area contributed by atoms with Crippen molar-refractivity contribution in [1.82, 2.24) is 9.80 Å². The van der Waals surface area contributed by atoms with Gasteiger partial charge in [0.05, 0.1) is 11.7 Å². The first-order chi connectivity index (χ1) is 13.5. The predicted molar refractivity (Wildman–Crippen MR) is 104 cm³/mol. The molecule has 0 aliphatic carbocycles. The monoisotopic (exact) mass is 395 g/mol. The molecule has 1 saturated heterocycles. The van der Waals surface area contributed by atoms with Gasteiger partial charge in [0.2, 0.25) is 5.91 Å². The second kappa shape index (κ2) is 7.12. The van der Waals surface area contributed by atoms with Gasteiger partial charge in [0.1, 0.15) is 6.54 Å². The number of amides is 5. The Labute approximate surface area is 165 Å². The number of hydrogen-bond acceptors (Lipinski definition) is 5. The van der Waals surface area contributed by atoms with Crippen LogP contribution in [0.2, 0.25) is 0 Å². The number of carbonyl (C=O) groups is 4. The van der Waals surface area contributed by atoms with E-state index in [9.17, 15) is 19.2 Å². The highest BCUT2D eigenvalue weighted by molar-refractivity contribution is 7.99. The standard InChI is InChI=1S/C20H17N3O4S/c1-21-18(25)19(26)22(20(21)27)11-17(24)23-14-9-5-6-10-16(14)28-12-15(23)13-7-3-2-4-8-13/h2-10,15H,11-12H2,1H3/t15-/m1/s1. The molecule has 0 saturated carbocycles. The zero-order chi connectivity index (χ0) is 19.8. The van der Waals surface area contributed by atoms with Gasteiger partial charge in [-0.25, -0.2) is 9.69 Å². The molecule has 142 valence electrons. The molecule has 0 N–H and O–H groups in total. The molecule has 2 aromatic rings. The minimum Gasteiger partial charge on any atom is -0.301 e. The average Bonchev–Trinajstić information content (AvgIpc) is 2.91. The zero-order valence-electron chi connectivity index (χ0n) is 15.1. The van der Waals surface area contributed by atoms with Crippen molar-refractivity contribution in [3.63, 3.8) is 0 Å². The topological polar surface area (TPSA) is 78.0 Å². The van der Waals surface area contributed by atoms with E-state index in [4.69, 9.17) is 0 Å². The number of carbonyl (C=O) groups excluding carboxylic acids is 4. The lowest BCUT2D eigenvalue weighted by Crippen LogP contribution is -2.46. The number of likely N-dealkylation sites (N-methyl/N-ethyl adjacent to an activating group) is 1. The summed E-state index contributed by atoms with van der Waals surface area (Å²) in [4.78, 5) is 53.3. The minimum absolute atomic E-state index is 0.241. The van der Waals surface area contributed by atoms with Crippen molar-refractivity contribution < 1.29 is 19.2 Å². The largest absolute Gasteiger partial charge is 0.334 e. The van der Waals surface area contributed by atoms with Gasteiger partial charge in [-0.05, 0) is 17.7 Å². The maximum absolute atomic E-state index is 13.2. The molecule has 2 aliphatic heterocycles. The average molecular weight is 395 g/mol. The molecule has 0 aromatic heterocycles. The molecule has 2 aliphatic rings. The minimum atomic E-state index is -0.975. The third kappa shape index (κ3) is 2.95. The Morgan fingerprint density at radius 1 is 1.00 bits per heavy atom. The van der Waals surface area contributed by atoms with Crippen LogP contribution in [0.5, 0.6) is 0 Å². The number of benzene rings is 2. The zero-order valence-corrected chi connectivity index (χ0v) is 15.9. The summed E-state index contributed by atoms with van der Waals surface area (Å²) in [5.41, 5.74) is 1.70. The van der Waals surface area contributed by atoms with Crippen LogP contribution in [0.25, 0.3) is 0 Å². The first kappa shape index (κ1) is 18.2. The van der Waals surface area contributed by atoms with Crippen LogP contribution in [0.3, 0.4) is 0 Å². The molecule has 0 unspecified atom stereocenters. The highest BCUT2D eigenvalue weighted by Crippen LogP contribution is 2.43. The van der Waals surface area contributed by atoms with Gasteiger partial charge in [-0.3, -0.25) is 19.3 Å². The molecule has 4 rings (SSSR count). The van der Waals surface area contributed by atoms with Gasteiger partial charge in [0, 0.05) is 17.7 Å². The number of hydrogen-bond donors (Lipinski definition) is 0. The fraction of sp³-hybridized carbons (Fsp3) is 0.200. The highest BCUT2D eigenvalue weighted by Gasteiger charge is 2.44. The second-order valence-corrected chi connectivity index (χ2v) is 7.57. The molecular weight excluding hydrogens is 378 g/mol. The summed E-state index contributed by atoms with van der Waals surface area (Å²) in [6.07, 6.45) is 0. The van der Waals surface area contributed by atoms with Crippen LogP contribution in [0.4, 0.5) is 10.5 Å². The molecule has 0 bridgehead atoms. The number of rotatable bonds is 3. The van der Waals surface area contributed by atoms with E-state index in [1.165, 1.54) is 7.05 Å². The van der Waals surface area contributed by atoms with Crippen molar-refractivity contribution in [1.29, 1.82) is 0 Å². The third-order valence-corrected chi connectivity index (χ3v) is 5.97. The van der Waals surface area contributed by atoms with Crippen LogP contribution in [0.15, 0.2) is 59.5 Å². The number of fused-ring (bicyclic) bond motifs is 1. The van der Waals surface area contributed by atoms with Crippen LogP contribution < -0.4 is 4.90 Å². The summed E-state index contributed by atoms with van der Waals surface area (Å²) in [5, 5.41) is 0. The van der Waals surface area contributed by atoms with E-state index in [2.05, 4.69) is 0 Å². The van der Waals surface area contributed by atoms with E-state index in [0.29, 0.717) is 10.7 Å². The summed E-state index contributed by atoms with van der Waals surface area (Å²) in [5.74, 6) is -1.66. The van der Waals surface area contributed by atoms with Crippen LogP contribution in [0.1, 0.15) is 11.6 Å². The normalized spacial score (nSPS) is 19.2. The van der Waals surface area contributed by atoms with Crippen LogP contribution in [0, 0.1) is 0 Å². The molecule has 0 radical (unpaired) electrons. The quantitative estimate of drug-likeness (QED) is 0.589. The van der Waals surface area contributed by atoms with Gasteiger partial charge < -0.3 is 4.90 Å². The van der Waals surface area contributed by atoms with E-state index in [1.807, 2.05) is 54.6 Å². The van der Waals surface area contributed by atoms with Crippen molar-refractivity contribution in [2.24, 2.45) is 0 Å². The molecule has 0 spiro atoms. The van der Waals surface area contributed by atoms with Gasteiger partial charge in [0.25, 0.3) is 0 Å². The van der Waals surface area contributed by atoms with E-state index in [-0.39, 0.29) is 6.04 Å². The fourth-order valence-corrected chi connectivity index (χ4v) is 4.55. The van der Waals surface area contributed by atoms with Crippen molar-refractivity contribution in [2.75, 3.05) is 24.2 Å². The van der Waals surface area contributed by atoms with Crippen LogP contribution in [-0.4, -0.2) is 52.9 Å². The van der Waals surface area contributed by atoms with Gasteiger partial charge in [0.15, 0.2) is 0 Å². The van der Waals surface area contributed by atoms with Crippen molar-refractivity contribution >= 4 is 41.2 Å². The maximum Gasteiger partial charge on any atom is 0.334 e. The Balaban J connectivity index is 1.69. The van der Waals surface area contributed by atoms with Crippen molar-refractivity contribution in [3.8, 4) is 0 Å². The molecule has 2 aromatic carbocycles. The number of nitrogens with zero attached hydrogens (tertiary/aromatic N) is 3. The Morgan fingerprint density at radius 3 is 2.36 bits per heavy atom. The summed E-state index contributed by atoms with van der Waals surface area (Å²) in [6.45, 7) is -0.476. The smallest absolute Gasteiger partial charge is 0.301 e. The molecule has 28 heavy (non-hydrogen) atoms. The first-order valence-electron chi connectivity index (χ1n) is 8.71. The number of para-hydroxylation sites is 1. The van der Waals surface area contributed by atoms with E-state index < -0.39 is 30.3 Å². The molecule has 1 fully saturated rings. The Kier molecular flexibility index (Phi) is 4.64. The molecule has 2 heterocycles. The van der Waals surface area contributed by atoms with Gasteiger partial charge in [-0.2, -0.15) is 0 Å². The summed E-state index contributed by atoms with van der Waals surface area (Å²) >= 11 is 1.65. The second-order valence-electron chi connectivity index (χ2n) is 6.51. The van der Waals surface area contributed by atoms with Gasteiger partial charge >= 0.3 is 17.8 Å². The summed E-state index contributed by atoms with van der Waals surface area (Å²) in [7, 11) is 1.23. The molecule has 5 amide bonds. The lowest BCUT2D eigenvalue weighted by molar-refractivity contribution is -0.143. The third-order valence-electron chi connectivity index (χ3n) is 4.83. The SMILES string of the molecule is CN1C(=O)C(=O)N(CC(=O)N2c3ccccc3SC[C@@H]2c2ccccc2)C1=O. The number of urea groups is 1. The summed E-state index contributed by atoms with van der Waals surface area (Å²) < 4.78 is 0. The van der Waals surface area contributed by atoms with Crippen LogP contribution in [-0.2, 0) is 14.4 Å².